The van der Waals surface area contributed by atoms with Gasteiger partial charge in [0, 0.05) is 18.3 Å². The number of anilines is 1. The van der Waals surface area contributed by atoms with Gasteiger partial charge in [-0.05, 0) is 69.9 Å². The molecule has 5 heteroatoms. The highest BCUT2D eigenvalue weighted by Crippen LogP contribution is 2.39. The zero-order valence-electron chi connectivity index (χ0n) is 18.4. The summed E-state index contributed by atoms with van der Waals surface area (Å²) < 4.78 is 12.4. The van der Waals surface area contributed by atoms with Gasteiger partial charge in [-0.25, -0.2) is 0 Å². The lowest BCUT2D eigenvalue weighted by molar-refractivity contribution is -0.104. The molecule has 0 aliphatic carbocycles. The number of nitrogens with one attached hydrogen (secondary N) is 1. The monoisotopic (exact) mass is 396 g/mol. The topological polar surface area (TPSA) is 50.8 Å². The van der Waals surface area contributed by atoms with Gasteiger partial charge in [-0.15, -0.1) is 0 Å². The van der Waals surface area contributed by atoms with Crippen molar-refractivity contribution in [2.24, 2.45) is 0 Å². The summed E-state index contributed by atoms with van der Waals surface area (Å²) in [7, 11) is 1.84. The molecule has 0 saturated heterocycles. The van der Waals surface area contributed by atoms with Gasteiger partial charge < -0.3 is 19.7 Å². The van der Waals surface area contributed by atoms with E-state index in [-0.39, 0.29) is 6.10 Å². The number of allylic oxidation sites excluding steroid dienone is 2. The van der Waals surface area contributed by atoms with E-state index in [9.17, 15) is 4.79 Å². The number of ether oxygens (including phenoxy) is 2. The van der Waals surface area contributed by atoms with Gasteiger partial charge in [-0.2, -0.15) is 0 Å². The molecule has 0 saturated carbocycles. The first kappa shape index (κ1) is 21.2. The number of carbonyl (C=O) groups excluding carboxylic acids is 1. The fourth-order valence-electron chi connectivity index (χ4n) is 4.26. The predicted molar refractivity (Wildman–Crippen MR) is 117 cm³/mol. The molecule has 29 heavy (non-hydrogen) atoms. The van der Waals surface area contributed by atoms with E-state index < -0.39 is 5.72 Å². The van der Waals surface area contributed by atoms with Crippen molar-refractivity contribution < 1.29 is 14.3 Å². The molecule has 5 nitrogen and oxygen atoms in total. The number of hydrogen-bond acceptors (Lipinski definition) is 5. The van der Waals surface area contributed by atoms with Gasteiger partial charge in [0.05, 0.1) is 18.3 Å². The Morgan fingerprint density at radius 2 is 2.03 bits per heavy atom. The first-order chi connectivity index (χ1) is 13.7. The number of hydrogen-bond donors (Lipinski definition) is 1. The molecule has 1 N–H and O–H groups in total. The Bertz CT molecular complexity index is 895. The van der Waals surface area contributed by atoms with Gasteiger partial charge in [0.2, 0.25) is 0 Å². The molecule has 2 aliphatic rings. The van der Waals surface area contributed by atoms with E-state index in [1.54, 1.807) is 0 Å². The van der Waals surface area contributed by atoms with Crippen LogP contribution in [0, 0.1) is 0 Å². The highest BCUT2D eigenvalue weighted by Gasteiger charge is 2.35. The molecule has 2 aliphatic heterocycles. The quantitative estimate of drug-likeness (QED) is 0.761. The van der Waals surface area contributed by atoms with E-state index in [0.29, 0.717) is 18.6 Å². The highest BCUT2D eigenvalue weighted by atomic mass is 16.5. The van der Waals surface area contributed by atoms with Crippen LogP contribution in [0.3, 0.4) is 0 Å². The number of fused-ring (bicyclic) bond motifs is 1. The van der Waals surface area contributed by atoms with Crippen molar-refractivity contribution in [1.29, 1.82) is 0 Å². The first-order valence-corrected chi connectivity index (χ1v) is 10.1. The van der Waals surface area contributed by atoms with Crippen LogP contribution in [-0.2, 0) is 16.0 Å². The second-order valence-corrected chi connectivity index (χ2v) is 8.27. The van der Waals surface area contributed by atoms with Crippen LogP contribution in [0.2, 0.25) is 0 Å². The molecule has 3 rings (SSSR count). The molecule has 2 bridgehead atoms. The third-order valence-electron chi connectivity index (χ3n) is 5.92. The Labute approximate surface area is 174 Å². The number of likely N-dealkylation sites (N-methyl/N-ethyl adjacent to an activating group) is 1. The molecule has 1 aromatic carbocycles. The van der Waals surface area contributed by atoms with Crippen molar-refractivity contribution in [2.45, 2.75) is 52.9 Å². The summed E-state index contributed by atoms with van der Waals surface area (Å²) in [4.78, 5) is 14.3. The molecule has 0 aromatic heterocycles. The van der Waals surface area contributed by atoms with Crippen molar-refractivity contribution in [3.63, 3.8) is 0 Å². The number of benzene rings is 1. The van der Waals surface area contributed by atoms with Crippen LogP contribution in [0.1, 0.15) is 40.2 Å². The highest BCUT2D eigenvalue weighted by molar-refractivity contribution is 5.82. The summed E-state index contributed by atoms with van der Waals surface area (Å²) in [6, 6.07) is 6.24. The van der Waals surface area contributed by atoms with Gasteiger partial charge >= 0.3 is 0 Å². The lowest BCUT2D eigenvalue weighted by atomic mass is 9.94. The van der Waals surface area contributed by atoms with Crippen LogP contribution < -0.4 is 15.0 Å². The Kier molecular flexibility index (Phi) is 5.90. The average Bonchev–Trinajstić information content (AvgIpc) is 2.69. The van der Waals surface area contributed by atoms with Gasteiger partial charge in [-0.3, -0.25) is 4.79 Å². The van der Waals surface area contributed by atoms with Gasteiger partial charge in [0.25, 0.3) is 0 Å². The lowest BCUT2D eigenvalue weighted by Gasteiger charge is -2.44. The minimum Gasteiger partial charge on any atom is -0.490 e. The third kappa shape index (κ3) is 3.97. The van der Waals surface area contributed by atoms with Crippen molar-refractivity contribution in [1.82, 2.24) is 5.32 Å². The maximum Gasteiger partial charge on any atom is 0.152 e. The largest absolute Gasteiger partial charge is 0.490 e. The lowest BCUT2D eigenvalue weighted by Crippen LogP contribution is -2.51. The average molecular weight is 397 g/mol. The van der Waals surface area contributed by atoms with Crippen molar-refractivity contribution in [3.8, 4) is 5.75 Å². The summed E-state index contributed by atoms with van der Waals surface area (Å²) in [5.74, 6) is 0.862. The molecule has 0 amide bonds. The minimum atomic E-state index is -0.552. The second kappa shape index (κ2) is 8.07. The van der Waals surface area contributed by atoms with E-state index >= 15 is 0 Å². The molecule has 1 aromatic rings. The van der Waals surface area contributed by atoms with Crippen LogP contribution in [0.25, 0.3) is 0 Å². The number of rotatable bonds is 2. The Hall–Kier alpha value is -2.53. The van der Waals surface area contributed by atoms with Gasteiger partial charge in [-0.1, -0.05) is 18.2 Å². The molecule has 1 unspecified atom stereocenters. The van der Waals surface area contributed by atoms with E-state index in [1.165, 1.54) is 0 Å². The van der Waals surface area contributed by atoms with E-state index in [2.05, 4.69) is 42.8 Å². The van der Waals surface area contributed by atoms with Gasteiger partial charge in [0.15, 0.2) is 6.29 Å². The van der Waals surface area contributed by atoms with Gasteiger partial charge in [0.1, 0.15) is 18.1 Å². The smallest absolute Gasteiger partial charge is 0.152 e. The third-order valence-corrected chi connectivity index (χ3v) is 5.92. The molecule has 0 fully saturated rings. The Morgan fingerprint density at radius 1 is 1.31 bits per heavy atom. The van der Waals surface area contributed by atoms with Crippen molar-refractivity contribution in [2.75, 3.05) is 25.1 Å². The SMILES string of the molecule is C=C1/C(C)=C(NC)\C(C=O)=C(\C)Cc2ccc3c(c2)N(CCO3)C(C)(C)OC1C. The standard InChI is InChI=1S/C24H32N2O3/c1-15-12-19-8-9-22-21(13-19)26(10-11-28-22)24(5,6)29-18(4)16(2)17(3)23(25-7)20(15)14-27/h8-9,13-14,18,25H,2,10-12H2,1,3-7H3/b20-15-,23-17+. The van der Waals surface area contributed by atoms with E-state index in [4.69, 9.17) is 9.47 Å². The zero-order chi connectivity index (χ0) is 21.3. The molecular weight excluding hydrogens is 364 g/mol. The fraction of sp³-hybridized carbons (Fsp3) is 0.458. The molecule has 0 radical (unpaired) electrons. The summed E-state index contributed by atoms with van der Waals surface area (Å²) in [6.45, 7) is 15.8. The summed E-state index contributed by atoms with van der Waals surface area (Å²) in [6.07, 6.45) is 1.38. The van der Waals surface area contributed by atoms with Crippen LogP contribution in [0.5, 0.6) is 5.75 Å². The number of aldehydes is 1. The van der Waals surface area contributed by atoms with Crippen molar-refractivity contribution >= 4 is 12.0 Å². The van der Waals surface area contributed by atoms with Crippen LogP contribution in [-0.4, -0.2) is 38.3 Å². The maximum absolute atomic E-state index is 12.0. The molecule has 156 valence electrons. The maximum atomic E-state index is 12.0. The summed E-state index contributed by atoms with van der Waals surface area (Å²) >= 11 is 0. The van der Waals surface area contributed by atoms with Crippen LogP contribution in [0.15, 0.2) is 52.8 Å². The van der Waals surface area contributed by atoms with E-state index in [0.717, 1.165) is 52.2 Å². The predicted octanol–water partition coefficient (Wildman–Crippen LogP) is 4.15. The molecule has 0 spiro atoms. The summed E-state index contributed by atoms with van der Waals surface area (Å²) in [5, 5.41) is 3.21. The van der Waals surface area contributed by atoms with Crippen LogP contribution >= 0.6 is 0 Å². The Balaban J connectivity index is 2.23. The fourth-order valence-corrected chi connectivity index (χ4v) is 4.26. The zero-order valence-corrected chi connectivity index (χ0v) is 18.4. The molecule has 1 atom stereocenters. The first-order valence-electron chi connectivity index (χ1n) is 10.1. The summed E-state index contributed by atoms with van der Waals surface area (Å²) in [5.41, 5.74) is 5.87. The second-order valence-electron chi connectivity index (χ2n) is 8.27. The van der Waals surface area contributed by atoms with Crippen molar-refractivity contribution in [3.05, 3.63) is 58.3 Å². The molecule has 2 heterocycles. The number of nitrogens with zero attached hydrogens (tertiary/aromatic N) is 1. The molecular formula is C24H32N2O3. The minimum absolute atomic E-state index is 0.225. The van der Waals surface area contributed by atoms with Crippen LogP contribution in [0.4, 0.5) is 5.69 Å². The van der Waals surface area contributed by atoms with E-state index in [1.807, 2.05) is 33.9 Å². The Morgan fingerprint density at radius 3 is 2.69 bits per heavy atom. The number of carbonyl (C=O) groups is 1. The normalized spacial score (nSPS) is 27.3.